The maximum atomic E-state index is 6.21. The lowest BCUT2D eigenvalue weighted by Crippen LogP contribution is -2.25. The van der Waals surface area contributed by atoms with E-state index in [1.165, 1.54) is 0 Å². The molecule has 1 aromatic carbocycles. The first-order valence-electron chi connectivity index (χ1n) is 8.65. The van der Waals surface area contributed by atoms with Crippen LogP contribution in [0.4, 0.5) is 5.82 Å². The van der Waals surface area contributed by atoms with Crippen LogP contribution in [-0.2, 0) is 4.74 Å². The first-order valence-corrected chi connectivity index (χ1v) is 8.65. The zero-order chi connectivity index (χ0) is 17.2. The number of likely N-dealkylation sites (tertiary alicyclic amines) is 1. The molecule has 6 nitrogen and oxygen atoms in total. The van der Waals surface area contributed by atoms with E-state index in [0.29, 0.717) is 11.9 Å². The van der Waals surface area contributed by atoms with Gasteiger partial charge in [0.05, 0.1) is 12.0 Å². The first kappa shape index (κ1) is 16.1. The molecule has 0 aliphatic carbocycles. The fourth-order valence-corrected chi connectivity index (χ4v) is 3.69. The Morgan fingerprint density at radius 1 is 1.24 bits per heavy atom. The van der Waals surface area contributed by atoms with Crippen LogP contribution < -0.4 is 5.73 Å². The lowest BCUT2D eigenvalue weighted by Gasteiger charge is -2.16. The molecule has 4 rings (SSSR count). The third kappa shape index (κ3) is 2.99. The van der Waals surface area contributed by atoms with Crippen LogP contribution in [0.5, 0.6) is 0 Å². The highest BCUT2D eigenvalue weighted by molar-refractivity contribution is 6.00. The molecular weight excluding hydrogens is 314 g/mol. The fraction of sp³-hybridized carbons (Fsp3) is 0.368. The predicted molar refractivity (Wildman–Crippen MR) is 99.3 cm³/mol. The van der Waals surface area contributed by atoms with Crippen LogP contribution in [0.2, 0.25) is 0 Å². The Hall–Kier alpha value is -2.44. The van der Waals surface area contributed by atoms with Gasteiger partial charge < -0.3 is 15.0 Å². The van der Waals surface area contributed by atoms with E-state index >= 15 is 0 Å². The summed E-state index contributed by atoms with van der Waals surface area (Å²) >= 11 is 0. The zero-order valence-corrected chi connectivity index (χ0v) is 14.4. The van der Waals surface area contributed by atoms with E-state index in [2.05, 4.69) is 37.8 Å². The predicted octanol–water partition coefficient (Wildman–Crippen LogP) is 2.57. The number of nitrogens with zero attached hydrogens (tertiary/aromatic N) is 4. The highest BCUT2D eigenvalue weighted by atomic mass is 16.5. The molecule has 2 aromatic heterocycles. The summed E-state index contributed by atoms with van der Waals surface area (Å²) in [7, 11) is 1.75. The molecule has 3 aromatic rings. The van der Waals surface area contributed by atoms with Crippen molar-refractivity contribution in [3.05, 3.63) is 42.9 Å². The van der Waals surface area contributed by atoms with E-state index in [4.69, 9.17) is 10.5 Å². The molecule has 1 atom stereocenters. The van der Waals surface area contributed by atoms with Gasteiger partial charge in [-0.15, -0.1) is 0 Å². The van der Waals surface area contributed by atoms with Crippen molar-refractivity contribution in [2.75, 3.05) is 39.1 Å². The van der Waals surface area contributed by atoms with Crippen molar-refractivity contribution in [1.29, 1.82) is 0 Å². The molecule has 1 saturated heterocycles. The molecule has 0 amide bonds. The van der Waals surface area contributed by atoms with Crippen molar-refractivity contribution in [3.63, 3.8) is 0 Å². The molecule has 1 fully saturated rings. The lowest BCUT2D eigenvalue weighted by molar-refractivity contribution is 0.159. The zero-order valence-electron chi connectivity index (χ0n) is 14.4. The Labute approximate surface area is 147 Å². The standard InChI is InChI=1S/C19H23N5O/c1-25-10-9-23-8-7-15(11-23)24-12-16(14-5-3-2-4-6-14)17-18(20)21-13-22-19(17)24/h2-6,12-13,15H,7-11H2,1H3,(H2,20,21,22). The van der Waals surface area contributed by atoms with Gasteiger partial charge in [0.2, 0.25) is 0 Å². The quantitative estimate of drug-likeness (QED) is 0.775. The molecule has 0 spiro atoms. The largest absolute Gasteiger partial charge is 0.383 e. The second kappa shape index (κ2) is 6.82. The molecule has 3 heterocycles. The Morgan fingerprint density at radius 3 is 2.88 bits per heavy atom. The average molecular weight is 337 g/mol. The summed E-state index contributed by atoms with van der Waals surface area (Å²) in [5.74, 6) is 0.539. The lowest BCUT2D eigenvalue weighted by atomic mass is 10.1. The summed E-state index contributed by atoms with van der Waals surface area (Å²) in [6.07, 6.45) is 4.85. The summed E-state index contributed by atoms with van der Waals surface area (Å²) in [5, 5.41) is 0.948. The van der Waals surface area contributed by atoms with Gasteiger partial charge in [-0.25, -0.2) is 9.97 Å². The van der Waals surface area contributed by atoms with Crippen LogP contribution in [0, 0.1) is 0 Å². The second-order valence-electron chi connectivity index (χ2n) is 6.51. The van der Waals surface area contributed by atoms with Gasteiger partial charge in [-0.3, -0.25) is 4.90 Å². The van der Waals surface area contributed by atoms with Crippen molar-refractivity contribution >= 4 is 16.9 Å². The van der Waals surface area contributed by atoms with Gasteiger partial charge in [0.15, 0.2) is 0 Å². The number of hydrogen-bond donors (Lipinski definition) is 1. The van der Waals surface area contributed by atoms with Crippen LogP contribution in [0.1, 0.15) is 12.5 Å². The molecule has 0 saturated carbocycles. The smallest absolute Gasteiger partial charge is 0.146 e. The minimum Gasteiger partial charge on any atom is -0.383 e. The van der Waals surface area contributed by atoms with Gasteiger partial charge >= 0.3 is 0 Å². The second-order valence-corrected chi connectivity index (χ2v) is 6.51. The number of ether oxygens (including phenoxy) is 1. The maximum absolute atomic E-state index is 6.21. The van der Waals surface area contributed by atoms with E-state index < -0.39 is 0 Å². The van der Waals surface area contributed by atoms with Crippen molar-refractivity contribution in [1.82, 2.24) is 19.4 Å². The Morgan fingerprint density at radius 2 is 2.08 bits per heavy atom. The average Bonchev–Trinajstić information content (AvgIpc) is 3.26. The Bertz CT molecular complexity index is 861. The molecule has 6 heteroatoms. The van der Waals surface area contributed by atoms with Gasteiger partial charge in [0.1, 0.15) is 17.8 Å². The molecule has 1 aliphatic rings. The third-order valence-corrected chi connectivity index (χ3v) is 4.98. The first-order chi connectivity index (χ1) is 12.3. The molecule has 0 bridgehead atoms. The molecule has 1 unspecified atom stereocenters. The van der Waals surface area contributed by atoms with Crippen LogP contribution in [0.15, 0.2) is 42.9 Å². The number of methoxy groups -OCH3 is 1. The summed E-state index contributed by atoms with van der Waals surface area (Å²) in [5.41, 5.74) is 9.37. The van der Waals surface area contributed by atoms with Crippen molar-refractivity contribution in [2.45, 2.75) is 12.5 Å². The van der Waals surface area contributed by atoms with Gasteiger partial charge in [-0.1, -0.05) is 30.3 Å². The van der Waals surface area contributed by atoms with Gasteiger partial charge in [-0.2, -0.15) is 0 Å². The van der Waals surface area contributed by atoms with Crippen molar-refractivity contribution < 1.29 is 4.74 Å². The number of fused-ring (bicyclic) bond motifs is 1. The number of anilines is 1. The molecule has 2 N–H and O–H groups in total. The van der Waals surface area contributed by atoms with Gasteiger partial charge in [-0.05, 0) is 12.0 Å². The SMILES string of the molecule is COCCN1CCC(n2cc(-c3ccccc3)c3c(N)ncnc32)C1. The highest BCUT2D eigenvalue weighted by Gasteiger charge is 2.26. The van der Waals surface area contributed by atoms with Crippen LogP contribution >= 0.6 is 0 Å². The summed E-state index contributed by atoms with van der Waals surface area (Å²) in [4.78, 5) is 11.2. The van der Waals surface area contributed by atoms with E-state index in [0.717, 1.165) is 54.8 Å². The number of rotatable bonds is 5. The molecule has 25 heavy (non-hydrogen) atoms. The summed E-state index contributed by atoms with van der Waals surface area (Å²) in [6.45, 7) is 3.82. The molecule has 0 radical (unpaired) electrons. The number of nitrogen functional groups attached to an aromatic ring is 1. The van der Waals surface area contributed by atoms with Crippen LogP contribution in [-0.4, -0.2) is 52.8 Å². The summed E-state index contributed by atoms with van der Waals surface area (Å²) in [6, 6.07) is 10.7. The topological polar surface area (TPSA) is 69.2 Å². The number of nitrogens with two attached hydrogens (primary N) is 1. The highest BCUT2D eigenvalue weighted by Crippen LogP contribution is 2.36. The molecular formula is C19H23N5O. The van der Waals surface area contributed by atoms with Crippen molar-refractivity contribution in [2.24, 2.45) is 0 Å². The third-order valence-electron chi connectivity index (χ3n) is 4.98. The van der Waals surface area contributed by atoms with Gasteiger partial charge in [0, 0.05) is 44.5 Å². The Balaban J connectivity index is 1.75. The molecule has 130 valence electrons. The van der Waals surface area contributed by atoms with Crippen LogP contribution in [0.25, 0.3) is 22.2 Å². The monoisotopic (exact) mass is 337 g/mol. The maximum Gasteiger partial charge on any atom is 0.146 e. The fourth-order valence-electron chi connectivity index (χ4n) is 3.69. The number of benzene rings is 1. The van der Waals surface area contributed by atoms with E-state index in [1.54, 1.807) is 13.4 Å². The van der Waals surface area contributed by atoms with Gasteiger partial charge in [0.25, 0.3) is 0 Å². The van der Waals surface area contributed by atoms with Crippen LogP contribution in [0.3, 0.4) is 0 Å². The number of hydrogen-bond acceptors (Lipinski definition) is 5. The Kier molecular flexibility index (Phi) is 4.38. The minimum atomic E-state index is 0.395. The number of aromatic nitrogens is 3. The van der Waals surface area contributed by atoms with E-state index in [9.17, 15) is 0 Å². The van der Waals surface area contributed by atoms with E-state index in [1.807, 2.05) is 18.2 Å². The minimum absolute atomic E-state index is 0.395. The summed E-state index contributed by atoms with van der Waals surface area (Å²) < 4.78 is 7.49. The van der Waals surface area contributed by atoms with E-state index in [-0.39, 0.29) is 0 Å². The normalized spacial score (nSPS) is 18.2. The van der Waals surface area contributed by atoms with Crippen molar-refractivity contribution in [3.8, 4) is 11.1 Å². The molecule has 1 aliphatic heterocycles.